The molecular weight excluding hydrogens is 334 g/mol. The van der Waals surface area contributed by atoms with Crippen molar-refractivity contribution in [2.24, 2.45) is 10.9 Å². The number of amides is 1. The Bertz CT molecular complexity index is 749. The molecule has 0 heterocycles. The maximum atomic E-state index is 12.3. The van der Waals surface area contributed by atoms with E-state index in [4.69, 9.17) is 15.3 Å². The van der Waals surface area contributed by atoms with Crippen LogP contribution >= 0.6 is 0 Å². The van der Waals surface area contributed by atoms with Crippen LogP contribution in [0.15, 0.2) is 47.6 Å². The summed E-state index contributed by atoms with van der Waals surface area (Å²) < 4.78 is 33.9. The predicted octanol–water partition coefficient (Wildman–Crippen LogP) is 2.95. The molecule has 0 unspecified atom stereocenters. The third-order valence-electron chi connectivity index (χ3n) is 3.15. The molecule has 2 rings (SSSR count). The Kier molecular flexibility index (Phi) is 6.27. The molecule has 132 valence electrons. The number of hydrogen-bond donors (Lipinski definition) is 1. The van der Waals surface area contributed by atoms with E-state index in [1.54, 1.807) is 24.3 Å². The highest BCUT2D eigenvalue weighted by Crippen LogP contribution is 2.28. The van der Waals surface area contributed by atoms with Gasteiger partial charge in [-0.15, -0.1) is 0 Å². The van der Waals surface area contributed by atoms with Crippen LogP contribution in [0.25, 0.3) is 0 Å². The summed E-state index contributed by atoms with van der Waals surface area (Å²) in [5, 5.41) is 3.80. The summed E-state index contributed by atoms with van der Waals surface area (Å²) in [4.78, 5) is 16.1. The van der Waals surface area contributed by atoms with Crippen molar-refractivity contribution >= 4 is 12.1 Å². The Labute approximate surface area is 142 Å². The van der Waals surface area contributed by atoms with Gasteiger partial charge in [-0.05, 0) is 35.9 Å². The zero-order chi connectivity index (χ0) is 18.2. The number of benzene rings is 2. The van der Waals surface area contributed by atoms with Gasteiger partial charge in [0, 0.05) is 11.1 Å². The van der Waals surface area contributed by atoms with Crippen molar-refractivity contribution in [2.75, 3.05) is 7.11 Å². The second-order valence-corrected chi connectivity index (χ2v) is 4.86. The minimum absolute atomic E-state index is 0.0647. The molecule has 0 aliphatic rings. The summed E-state index contributed by atoms with van der Waals surface area (Å²) in [5.74, 6) is -0.407. The van der Waals surface area contributed by atoms with E-state index in [-0.39, 0.29) is 18.1 Å². The number of primary amides is 1. The monoisotopic (exact) mass is 350 g/mol. The van der Waals surface area contributed by atoms with Crippen molar-refractivity contribution in [1.82, 2.24) is 0 Å². The smallest absolute Gasteiger partial charge is 0.387 e. The normalized spacial score (nSPS) is 10.9. The third-order valence-corrected chi connectivity index (χ3v) is 3.15. The van der Waals surface area contributed by atoms with E-state index in [1.165, 1.54) is 31.5 Å². The standard InChI is InChI=1S/C17H16F2N2O4/c1-23-15-8-12(4-7-14(15)25-17(18)19)9-21-24-10-11-2-5-13(6-3-11)16(20)22/h2-9,17H,10H2,1H3,(H2,20,22). The fraction of sp³-hybridized carbons (Fsp3) is 0.176. The minimum atomic E-state index is -2.93. The number of carbonyl (C=O) groups is 1. The molecule has 0 atom stereocenters. The van der Waals surface area contributed by atoms with E-state index in [2.05, 4.69) is 9.89 Å². The Balaban J connectivity index is 1.94. The molecule has 6 nitrogen and oxygen atoms in total. The van der Waals surface area contributed by atoms with E-state index in [1.807, 2.05) is 0 Å². The lowest BCUT2D eigenvalue weighted by Gasteiger charge is -2.09. The van der Waals surface area contributed by atoms with Crippen molar-refractivity contribution in [3.05, 3.63) is 59.2 Å². The number of carbonyl (C=O) groups excluding carboxylic acids is 1. The Morgan fingerprint density at radius 1 is 1.20 bits per heavy atom. The summed E-state index contributed by atoms with van der Waals surface area (Å²) in [6.07, 6.45) is 1.41. The van der Waals surface area contributed by atoms with E-state index in [0.717, 1.165) is 5.56 Å². The lowest BCUT2D eigenvalue weighted by atomic mass is 10.1. The second kappa shape index (κ2) is 8.62. The lowest BCUT2D eigenvalue weighted by Crippen LogP contribution is -2.10. The van der Waals surface area contributed by atoms with Crippen LogP contribution in [-0.4, -0.2) is 25.8 Å². The quantitative estimate of drug-likeness (QED) is 0.586. The van der Waals surface area contributed by atoms with Crippen LogP contribution in [0.4, 0.5) is 8.78 Å². The molecule has 0 radical (unpaired) electrons. The van der Waals surface area contributed by atoms with Crippen LogP contribution in [0.2, 0.25) is 0 Å². The summed E-state index contributed by atoms with van der Waals surface area (Å²) in [6.45, 7) is -2.74. The molecule has 2 N–H and O–H groups in total. The van der Waals surface area contributed by atoms with Crippen molar-refractivity contribution in [2.45, 2.75) is 13.2 Å². The van der Waals surface area contributed by atoms with E-state index in [9.17, 15) is 13.6 Å². The van der Waals surface area contributed by atoms with Crippen LogP contribution in [0.3, 0.4) is 0 Å². The van der Waals surface area contributed by atoms with E-state index < -0.39 is 12.5 Å². The first-order chi connectivity index (χ1) is 12.0. The summed E-state index contributed by atoms with van der Waals surface area (Å²) in [5.41, 5.74) is 6.96. The second-order valence-electron chi connectivity index (χ2n) is 4.86. The van der Waals surface area contributed by atoms with Gasteiger partial charge in [0.25, 0.3) is 0 Å². The Hall–Kier alpha value is -3.16. The number of nitrogens with zero attached hydrogens (tertiary/aromatic N) is 1. The van der Waals surface area contributed by atoms with Gasteiger partial charge < -0.3 is 20.0 Å². The molecular formula is C17H16F2N2O4. The molecule has 0 fully saturated rings. The van der Waals surface area contributed by atoms with Gasteiger partial charge in [0.05, 0.1) is 13.3 Å². The van der Waals surface area contributed by atoms with Crippen molar-refractivity contribution < 1.29 is 27.9 Å². The zero-order valence-corrected chi connectivity index (χ0v) is 13.3. The van der Waals surface area contributed by atoms with Gasteiger partial charge in [0.1, 0.15) is 6.61 Å². The number of nitrogens with two attached hydrogens (primary N) is 1. The molecule has 8 heteroatoms. The minimum Gasteiger partial charge on any atom is -0.493 e. The number of alkyl halides is 2. The topological polar surface area (TPSA) is 83.1 Å². The average Bonchev–Trinajstić information content (AvgIpc) is 2.59. The molecule has 0 saturated carbocycles. The van der Waals surface area contributed by atoms with Crippen LogP contribution in [0.1, 0.15) is 21.5 Å². The van der Waals surface area contributed by atoms with Gasteiger partial charge in [0.15, 0.2) is 11.5 Å². The van der Waals surface area contributed by atoms with E-state index >= 15 is 0 Å². The number of hydrogen-bond acceptors (Lipinski definition) is 5. The largest absolute Gasteiger partial charge is 0.493 e. The maximum Gasteiger partial charge on any atom is 0.387 e. The molecule has 1 amide bonds. The van der Waals surface area contributed by atoms with Crippen LogP contribution in [-0.2, 0) is 11.4 Å². The summed E-state index contributed by atoms with van der Waals surface area (Å²) >= 11 is 0. The van der Waals surface area contributed by atoms with Crippen molar-refractivity contribution in [3.8, 4) is 11.5 Å². The van der Waals surface area contributed by atoms with Gasteiger partial charge in [-0.2, -0.15) is 8.78 Å². The Morgan fingerprint density at radius 2 is 1.92 bits per heavy atom. The molecule has 0 aliphatic heterocycles. The SMILES string of the molecule is COc1cc(C=NOCc2ccc(C(N)=O)cc2)ccc1OC(F)F. The molecule has 2 aromatic rings. The van der Waals surface area contributed by atoms with Crippen LogP contribution in [0, 0.1) is 0 Å². The number of rotatable bonds is 8. The van der Waals surface area contributed by atoms with Gasteiger partial charge >= 0.3 is 6.61 Å². The van der Waals surface area contributed by atoms with Gasteiger partial charge in [-0.3, -0.25) is 4.79 Å². The molecule has 0 aliphatic carbocycles. The van der Waals surface area contributed by atoms with Crippen LogP contribution in [0.5, 0.6) is 11.5 Å². The number of methoxy groups -OCH3 is 1. The van der Waals surface area contributed by atoms with Crippen molar-refractivity contribution in [1.29, 1.82) is 0 Å². The third kappa shape index (κ3) is 5.45. The molecule has 2 aromatic carbocycles. The molecule has 25 heavy (non-hydrogen) atoms. The highest BCUT2D eigenvalue weighted by Gasteiger charge is 2.10. The summed E-state index contributed by atoms with van der Waals surface area (Å²) in [7, 11) is 1.35. The first-order valence-corrected chi connectivity index (χ1v) is 7.16. The molecule has 0 bridgehead atoms. The lowest BCUT2D eigenvalue weighted by molar-refractivity contribution is -0.0512. The first-order valence-electron chi connectivity index (χ1n) is 7.16. The number of oxime groups is 1. The van der Waals surface area contributed by atoms with Gasteiger partial charge in [-0.25, -0.2) is 0 Å². The highest BCUT2D eigenvalue weighted by molar-refractivity contribution is 5.92. The van der Waals surface area contributed by atoms with E-state index in [0.29, 0.717) is 11.1 Å². The first kappa shape index (κ1) is 18.2. The van der Waals surface area contributed by atoms with Crippen LogP contribution < -0.4 is 15.2 Å². The summed E-state index contributed by atoms with van der Waals surface area (Å²) in [6, 6.07) is 11.0. The Morgan fingerprint density at radius 3 is 2.52 bits per heavy atom. The maximum absolute atomic E-state index is 12.3. The fourth-order valence-corrected chi connectivity index (χ4v) is 1.93. The number of ether oxygens (including phenoxy) is 2. The number of halogens is 2. The molecule has 0 spiro atoms. The highest BCUT2D eigenvalue weighted by atomic mass is 19.3. The van der Waals surface area contributed by atoms with Gasteiger partial charge in [-0.1, -0.05) is 17.3 Å². The molecule has 0 saturated heterocycles. The predicted molar refractivity (Wildman–Crippen MR) is 87.0 cm³/mol. The van der Waals surface area contributed by atoms with Gasteiger partial charge in [0.2, 0.25) is 5.91 Å². The van der Waals surface area contributed by atoms with Crippen molar-refractivity contribution in [3.63, 3.8) is 0 Å². The fourth-order valence-electron chi connectivity index (χ4n) is 1.93. The average molecular weight is 350 g/mol. The molecule has 0 aromatic heterocycles. The zero-order valence-electron chi connectivity index (χ0n) is 13.3.